The van der Waals surface area contributed by atoms with Crippen LogP contribution in [0.25, 0.3) is 11.4 Å². The maximum atomic E-state index is 14.6. The Morgan fingerprint density at radius 2 is 1.77 bits per heavy atom. The average molecular weight is 552 g/mol. The molecule has 0 unspecified atom stereocenters. The average Bonchev–Trinajstić information content (AvgIpc) is 3.69. The van der Waals surface area contributed by atoms with E-state index >= 15 is 0 Å². The first-order chi connectivity index (χ1) is 19.6. The highest BCUT2D eigenvalue weighted by Crippen LogP contribution is 2.30. The molecule has 2 aliphatic rings. The van der Waals surface area contributed by atoms with Crippen molar-refractivity contribution in [2.24, 2.45) is 0 Å². The minimum atomic E-state index is -0.523. The molecule has 1 saturated heterocycles. The number of rotatable bonds is 12. The van der Waals surface area contributed by atoms with Gasteiger partial charge in [-0.15, -0.1) is 5.10 Å². The Labute approximate surface area is 233 Å². The van der Waals surface area contributed by atoms with Crippen LogP contribution in [-0.2, 0) is 4.79 Å². The molecule has 3 heterocycles. The summed E-state index contributed by atoms with van der Waals surface area (Å²) in [6.45, 7) is 5.04. The molecule has 5 rings (SSSR count). The number of aromatic nitrogens is 5. The Balaban J connectivity index is 1.09. The summed E-state index contributed by atoms with van der Waals surface area (Å²) in [6, 6.07) is 8.47. The van der Waals surface area contributed by atoms with Crippen molar-refractivity contribution in [1.29, 1.82) is 0 Å². The molecular weight excluding hydrogens is 513 g/mol. The van der Waals surface area contributed by atoms with Gasteiger partial charge in [0.2, 0.25) is 11.9 Å². The van der Waals surface area contributed by atoms with Gasteiger partial charge >= 0.3 is 0 Å². The maximum Gasteiger partial charge on any atom is 0.243 e. The maximum absolute atomic E-state index is 14.6. The Morgan fingerprint density at radius 3 is 2.52 bits per heavy atom. The van der Waals surface area contributed by atoms with Crippen molar-refractivity contribution >= 4 is 23.2 Å². The fourth-order valence-electron chi connectivity index (χ4n) is 5.48. The van der Waals surface area contributed by atoms with Crippen molar-refractivity contribution in [3.8, 4) is 11.4 Å². The van der Waals surface area contributed by atoms with Crippen LogP contribution in [0.1, 0.15) is 63.8 Å². The number of benzene rings is 1. The van der Waals surface area contributed by atoms with Crippen LogP contribution in [0.5, 0.6) is 0 Å². The van der Waals surface area contributed by atoms with Gasteiger partial charge in [0, 0.05) is 44.0 Å². The largest absolute Gasteiger partial charge is 0.369 e. The van der Waals surface area contributed by atoms with Gasteiger partial charge in [-0.3, -0.25) is 14.9 Å². The summed E-state index contributed by atoms with van der Waals surface area (Å²) in [5, 5.41) is 20.1. The van der Waals surface area contributed by atoms with Crippen LogP contribution in [0.4, 0.5) is 21.7 Å². The van der Waals surface area contributed by atoms with E-state index in [1.807, 2.05) is 16.8 Å². The second kappa shape index (κ2) is 13.6. The van der Waals surface area contributed by atoms with E-state index in [2.05, 4.69) is 47.5 Å². The van der Waals surface area contributed by atoms with Gasteiger partial charge in [-0.05, 0) is 56.5 Å². The lowest BCUT2D eigenvalue weighted by molar-refractivity contribution is -0.129. The van der Waals surface area contributed by atoms with E-state index in [1.54, 1.807) is 11.7 Å². The van der Waals surface area contributed by atoms with Crippen molar-refractivity contribution in [2.45, 2.75) is 63.8 Å². The Kier molecular flexibility index (Phi) is 9.50. The van der Waals surface area contributed by atoms with Crippen LogP contribution in [0.2, 0.25) is 0 Å². The lowest BCUT2D eigenvalue weighted by Crippen LogP contribution is -2.46. The van der Waals surface area contributed by atoms with Crippen molar-refractivity contribution in [3.63, 3.8) is 0 Å². The van der Waals surface area contributed by atoms with Crippen molar-refractivity contribution in [2.75, 3.05) is 42.9 Å². The highest BCUT2D eigenvalue weighted by Gasteiger charge is 2.21. The standard InChI is InChI=1S/C28H38FN9O2/c29-24-19-30-28(32-27(24)25-20-38(35-33-25)23-7-4-5-8-23)31-21-10-12-22(13-11-21)37-17-15-36(16-18-37)14-6-2-1-3-9-26(39)34-40/h10-13,19-20,23,40H,1-9,14-18H2,(H,34,39)(H,30,31,32). The van der Waals surface area contributed by atoms with E-state index in [0.717, 1.165) is 82.6 Å². The number of hydrogen-bond donors (Lipinski definition) is 3. The van der Waals surface area contributed by atoms with E-state index in [-0.39, 0.29) is 11.6 Å². The van der Waals surface area contributed by atoms with Crippen LogP contribution in [0, 0.1) is 5.82 Å². The van der Waals surface area contributed by atoms with Gasteiger partial charge in [0.25, 0.3) is 0 Å². The minimum Gasteiger partial charge on any atom is -0.369 e. The zero-order valence-electron chi connectivity index (χ0n) is 22.8. The third-order valence-electron chi connectivity index (χ3n) is 7.81. The zero-order valence-corrected chi connectivity index (χ0v) is 22.8. The first kappa shape index (κ1) is 27.9. The molecule has 0 radical (unpaired) electrons. The molecule has 0 bridgehead atoms. The predicted octanol–water partition coefficient (Wildman–Crippen LogP) is 4.31. The number of carbonyl (C=O) groups is 1. The van der Waals surface area contributed by atoms with Gasteiger partial charge < -0.3 is 10.2 Å². The molecule has 11 nitrogen and oxygen atoms in total. The summed E-state index contributed by atoms with van der Waals surface area (Å²) >= 11 is 0. The molecule has 0 atom stereocenters. The van der Waals surface area contributed by atoms with Gasteiger partial charge in [0.15, 0.2) is 5.82 Å². The number of carbonyl (C=O) groups excluding carboxylic acids is 1. The molecule has 1 aliphatic carbocycles. The molecular formula is C28H38FN9O2. The Morgan fingerprint density at radius 1 is 1.02 bits per heavy atom. The number of nitrogens with zero attached hydrogens (tertiary/aromatic N) is 7. The summed E-state index contributed by atoms with van der Waals surface area (Å²) in [4.78, 5) is 24.4. The normalized spacial score (nSPS) is 16.4. The number of piperazine rings is 1. The number of anilines is 3. The fraction of sp³-hybridized carbons (Fsp3) is 0.536. The van der Waals surface area contributed by atoms with Gasteiger partial charge in [-0.1, -0.05) is 30.9 Å². The second-order valence-corrected chi connectivity index (χ2v) is 10.6. The van der Waals surface area contributed by atoms with Crippen LogP contribution < -0.4 is 15.7 Å². The third-order valence-corrected chi connectivity index (χ3v) is 7.81. The van der Waals surface area contributed by atoms with Gasteiger partial charge in [-0.2, -0.15) is 0 Å². The number of hydroxylamine groups is 1. The molecule has 1 saturated carbocycles. The monoisotopic (exact) mass is 551 g/mol. The zero-order chi connectivity index (χ0) is 27.7. The van der Waals surface area contributed by atoms with Crippen LogP contribution in [-0.4, -0.2) is 73.7 Å². The van der Waals surface area contributed by atoms with Crippen LogP contribution >= 0.6 is 0 Å². The quantitative estimate of drug-likeness (QED) is 0.172. The number of unbranched alkanes of at least 4 members (excludes halogenated alkanes) is 3. The van der Waals surface area contributed by atoms with Crippen molar-refractivity contribution in [3.05, 3.63) is 42.5 Å². The SMILES string of the molecule is O=C(CCCCCCN1CCN(c2ccc(Nc3ncc(F)c(-c4cn(C5CCCC5)nn4)n3)cc2)CC1)NO. The number of halogens is 1. The fourth-order valence-corrected chi connectivity index (χ4v) is 5.48. The number of hydrogen-bond acceptors (Lipinski definition) is 9. The van der Waals surface area contributed by atoms with E-state index < -0.39 is 5.82 Å². The van der Waals surface area contributed by atoms with Gasteiger partial charge in [-0.25, -0.2) is 24.5 Å². The summed E-state index contributed by atoms with van der Waals surface area (Å²) in [7, 11) is 0. The number of nitrogens with one attached hydrogen (secondary N) is 2. The first-order valence-electron chi connectivity index (χ1n) is 14.3. The smallest absolute Gasteiger partial charge is 0.243 e. The summed E-state index contributed by atoms with van der Waals surface area (Å²) in [6.07, 6.45) is 11.9. The van der Waals surface area contributed by atoms with Crippen LogP contribution in [0.3, 0.4) is 0 Å². The molecule has 40 heavy (non-hydrogen) atoms. The molecule has 214 valence electrons. The van der Waals surface area contributed by atoms with Crippen molar-refractivity contribution in [1.82, 2.24) is 35.3 Å². The first-order valence-corrected chi connectivity index (χ1v) is 14.3. The molecule has 2 fully saturated rings. The molecule has 2 aromatic heterocycles. The second-order valence-electron chi connectivity index (χ2n) is 10.6. The van der Waals surface area contributed by atoms with E-state index in [9.17, 15) is 9.18 Å². The lowest BCUT2D eigenvalue weighted by Gasteiger charge is -2.36. The Bertz CT molecular complexity index is 1240. The number of amides is 1. The highest BCUT2D eigenvalue weighted by atomic mass is 19.1. The molecule has 1 amide bonds. The molecule has 1 aliphatic heterocycles. The predicted molar refractivity (Wildman–Crippen MR) is 150 cm³/mol. The minimum absolute atomic E-state index is 0.144. The molecule has 3 aromatic rings. The highest BCUT2D eigenvalue weighted by molar-refractivity contribution is 5.74. The van der Waals surface area contributed by atoms with E-state index in [4.69, 9.17) is 5.21 Å². The lowest BCUT2D eigenvalue weighted by atomic mass is 10.1. The summed E-state index contributed by atoms with van der Waals surface area (Å²) < 4.78 is 16.4. The van der Waals surface area contributed by atoms with Crippen molar-refractivity contribution < 1.29 is 14.4 Å². The van der Waals surface area contributed by atoms with E-state index in [1.165, 1.54) is 19.0 Å². The molecule has 1 aromatic carbocycles. The van der Waals surface area contributed by atoms with Gasteiger partial charge in [0.05, 0.1) is 18.4 Å². The van der Waals surface area contributed by atoms with E-state index in [0.29, 0.717) is 24.1 Å². The summed E-state index contributed by atoms with van der Waals surface area (Å²) in [5.74, 6) is -0.524. The summed E-state index contributed by atoms with van der Waals surface area (Å²) in [5.41, 5.74) is 4.22. The topological polar surface area (TPSA) is 124 Å². The molecule has 12 heteroatoms. The van der Waals surface area contributed by atoms with Crippen LogP contribution in [0.15, 0.2) is 36.7 Å². The molecule has 3 N–H and O–H groups in total. The van der Waals surface area contributed by atoms with Gasteiger partial charge in [0.1, 0.15) is 11.4 Å². The Hall–Kier alpha value is -3.64. The third kappa shape index (κ3) is 7.30. The molecule has 0 spiro atoms.